The number of benzene rings is 2. The summed E-state index contributed by atoms with van der Waals surface area (Å²) in [5.74, 6) is 0.151. The van der Waals surface area contributed by atoms with Gasteiger partial charge in [-0.3, -0.25) is 4.79 Å². The minimum Gasteiger partial charge on any atom is -0.497 e. The maximum Gasteiger partial charge on any atom is 0.292 e. The van der Waals surface area contributed by atoms with Crippen LogP contribution in [-0.4, -0.2) is 39.4 Å². The molecular weight excluding hydrogens is 358 g/mol. The van der Waals surface area contributed by atoms with E-state index in [2.05, 4.69) is 0 Å². The minimum absolute atomic E-state index is 0.138. The van der Waals surface area contributed by atoms with Crippen molar-refractivity contribution in [1.29, 1.82) is 0 Å². The van der Waals surface area contributed by atoms with Gasteiger partial charge in [-0.05, 0) is 49.6 Å². The molecule has 0 atom stereocenters. The fourth-order valence-electron chi connectivity index (χ4n) is 3.79. The molecule has 6 nitrogen and oxygen atoms in total. The van der Waals surface area contributed by atoms with Gasteiger partial charge in [-0.2, -0.15) is 0 Å². The Balaban J connectivity index is 1.45. The second kappa shape index (κ2) is 7.81. The summed E-state index contributed by atoms with van der Waals surface area (Å²) in [7, 11) is 1.63. The lowest BCUT2D eigenvalue weighted by Crippen LogP contribution is -2.47. The van der Waals surface area contributed by atoms with Crippen molar-refractivity contribution in [3.8, 4) is 11.5 Å². The minimum atomic E-state index is -1.28. The molecule has 1 saturated heterocycles. The molecule has 1 amide bonds. The Kier molecular flexibility index (Phi) is 5.24. The van der Waals surface area contributed by atoms with Crippen LogP contribution in [0.5, 0.6) is 11.5 Å². The number of para-hydroxylation sites is 1. The van der Waals surface area contributed by atoms with E-state index in [4.69, 9.17) is 18.9 Å². The van der Waals surface area contributed by atoms with Crippen LogP contribution in [0.25, 0.3) is 0 Å². The molecule has 1 fully saturated rings. The van der Waals surface area contributed by atoms with E-state index >= 15 is 0 Å². The molecule has 28 heavy (non-hydrogen) atoms. The van der Waals surface area contributed by atoms with Gasteiger partial charge in [0.15, 0.2) is 0 Å². The molecule has 4 rings (SSSR count). The SMILES string of the molecule is COc1ccc(OCCCN2C(=O)C3(OCCCO3)c3cccc(C)c32)cc1. The highest BCUT2D eigenvalue weighted by Crippen LogP contribution is 2.46. The third-order valence-corrected chi connectivity index (χ3v) is 5.14. The van der Waals surface area contributed by atoms with Crippen molar-refractivity contribution in [3.63, 3.8) is 0 Å². The highest BCUT2D eigenvalue weighted by atomic mass is 16.7. The fourth-order valence-corrected chi connectivity index (χ4v) is 3.79. The van der Waals surface area contributed by atoms with Crippen LogP contribution in [0.3, 0.4) is 0 Å². The largest absolute Gasteiger partial charge is 0.497 e. The number of rotatable bonds is 6. The molecule has 0 N–H and O–H groups in total. The molecule has 0 radical (unpaired) electrons. The van der Waals surface area contributed by atoms with Crippen LogP contribution in [0.2, 0.25) is 0 Å². The number of anilines is 1. The van der Waals surface area contributed by atoms with E-state index < -0.39 is 5.79 Å². The van der Waals surface area contributed by atoms with E-state index in [0.29, 0.717) is 32.8 Å². The van der Waals surface area contributed by atoms with Crippen LogP contribution in [0.15, 0.2) is 42.5 Å². The van der Waals surface area contributed by atoms with Gasteiger partial charge < -0.3 is 23.8 Å². The highest BCUT2D eigenvalue weighted by Gasteiger charge is 2.55. The Bertz CT molecular complexity index is 843. The van der Waals surface area contributed by atoms with Crippen molar-refractivity contribution in [1.82, 2.24) is 0 Å². The second-order valence-electron chi connectivity index (χ2n) is 6.97. The Labute approximate surface area is 165 Å². The van der Waals surface area contributed by atoms with Crippen molar-refractivity contribution < 1.29 is 23.7 Å². The maximum atomic E-state index is 13.2. The summed E-state index contributed by atoms with van der Waals surface area (Å²) < 4.78 is 22.7. The number of amides is 1. The normalized spacial score (nSPS) is 17.6. The van der Waals surface area contributed by atoms with Crippen molar-refractivity contribution in [3.05, 3.63) is 53.6 Å². The molecule has 2 aliphatic rings. The van der Waals surface area contributed by atoms with Crippen LogP contribution in [0.1, 0.15) is 24.0 Å². The zero-order valence-corrected chi connectivity index (χ0v) is 16.3. The molecule has 2 heterocycles. The van der Waals surface area contributed by atoms with E-state index in [9.17, 15) is 4.79 Å². The summed E-state index contributed by atoms with van der Waals surface area (Å²) in [6.45, 7) is 4.10. The number of carbonyl (C=O) groups is 1. The van der Waals surface area contributed by atoms with Gasteiger partial charge in [0.05, 0.1) is 32.6 Å². The average Bonchev–Trinajstić information content (AvgIpc) is 2.96. The van der Waals surface area contributed by atoms with E-state index in [-0.39, 0.29) is 5.91 Å². The van der Waals surface area contributed by atoms with Crippen LogP contribution in [0, 0.1) is 6.92 Å². The number of fused-ring (bicyclic) bond motifs is 2. The molecule has 0 saturated carbocycles. The number of aryl methyl sites for hydroxylation is 1. The zero-order valence-electron chi connectivity index (χ0n) is 16.3. The van der Waals surface area contributed by atoms with Gasteiger partial charge in [-0.25, -0.2) is 0 Å². The Morgan fingerprint density at radius 1 is 1.07 bits per heavy atom. The van der Waals surface area contributed by atoms with Crippen molar-refractivity contribution >= 4 is 11.6 Å². The topological polar surface area (TPSA) is 57.2 Å². The molecule has 1 spiro atoms. The van der Waals surface area contributed by atoms with Crippen LogP contribution in [-0.2, 0) is 20.1 Å². The first-order chi connectivity index (χ1) is 13.7. The molecular formula is C22H25NO5. The number of methoxy groups -OCH3 is 1. The van der Waals surface area contributed by atoms with E-state index in [1.165, 1.54) is 0 Å². The zero-order chi connectivity index (χ0) is 19.6. The molecule has 2 aromatic rings. The summed E-state index contributed by atoms with van der Waals surface area (Å²) in [6, 6.07) is 13.4. The molecule has 0 bridgehead atoms. The summed E-state index contributed by atoms with van der Waals surface area (Å²) in [5, 5.41) is 0. The Morgan fingerprint density at radius 2 is 1.79 bits per heavy atom. The van der Waals surface area contributed by atoms with Gasteiger partial charge in [0.25, 0.3) is 11.7 Å². The average molecular weight is 383 g/mol. The molecule has 2 aromatic carbocycles. The lowest BCUT2D eigenvalue weighted by molar-refractivity contribution is -0.256. The van der Waals surface area contributed by atoms with Crippen LogP contribution >= 0.6 is 0 Å². The fraction of sp³-hybridized carbons (Fsp3) is 0.409. The van der Waals surface area contributed by atoms with Crippen LogP contribution < -0.4 is 14.4 Å². The third kappa shape index (κ3) is 3.23. The van der Waals surface area contributed by atoms with Gasteiger partial charge >= 0.3 is 0 Å². The molecule has 0 aliphatic carbocycles. The summed E-state index contributed by atoms with van der Waals surface area (Å²) in [5.41, 5.74) is 2.75. The first-order valence-corrected chi connectivity index (χ1v) is 9.62. The highest BCUT2D eigenvalue weighted by molar-refractivity contribution is 6.06. The van der Waals surface area contributed by atoms with E-state index in [1.807, 2.05) is 49.4 Å². The lowest BCUT2D eigenvalue weighted by atomic mass is 10.0. The maximum absolute atomic E-state index is 13.2. The number of carbonyl (C=O) groups excluding carboxylic acids is 1. The smallest absolute Gasteiger partial charge is 0.292 e. The van der Waals surface area contributed by atoms with Crippen molar-refractivity contribution in [2.45, 2.75) is 25.6 Å². The Hall–Kier alpha value is -2.57. The van der Waals surface area contributed by atoms with Gasteiger partial charge in [0.1, 0.15) is 11.5 Å². The predicted molar refractivity (Wildman–Crippen MR) is 105 cm³/mol. The van der Waals surface area contributed by atoms with Crippen molar-refractivity contribution in [2.24, 2.45) is 0 Å². The standard InChI is InChI=1S/C22H25NO5/c1-16-6-3-7-19-20(16)23(21(24)22(19)27-14-5-15-28-22)12-4-13-26-18-10-8-17(25-2)9-11-18/h3,6-11H,4-5,12-15H2,1-2H3. The summed E-state index contributed by atoms with van der Waals surface area (Å²) in [4.78, 5) is 15.0. The van der Waals surface area contributed by atoms with Gasteiger partial charge in [-0.1, -0.05) is 18.2 Å². The summed E-state index contributed by atoms with van der Waals surface area (Å²) >= 11 is 0. The number of ether oxygens (including phenoxy) is 4. The molecule has 148 valence electrons. The molecule has 6 heteroatoms. The second-order valence-corrected chi connectivity index (χ2v) is 6.97. The number of nitrogens with zero attached hydrogens (tertiary/aromatic N) is 1. The van der Waals surface area contributed by atoms with Crippen molar-refractivity contribution in [2.75, 3.05) is 38.4 Å². The first kappa shape index (κ1) is 18.8. The number of hydrogen-bond acceptors (Lipinski definition) is 5. The van der Waals surface area contributed by atoms with Gasteiger partial charge in [0.2, 0.25) is 0 Å². The van der Waals surface area contributed by atoms with Crippen LogP contribution in [0.4, 0.5) is 5.69 Å². The monoisotopic (exact) mass is 383 g/mol. The molecule has 0 aromatic heterocycles. The van der Waals surface area contributed by atoms with E-state index in [1.54, 1.807) is 12.0 Å². The Morgan fingerprint density at radius 3 is 2.50 bits per heavy atom. The molecule has 0 unspecified atom stereocenters. The van der Waals surface area contributed by atoms with Gasteiger partial charge in [0, 0.05) is 12.1 Å². The van der Waals surface area contributed by atoms with E-state index in [0.717, 1.165) is 34.7 Å². The predicted octanol–water partition coefficient (Wildman–Crippen LogP) is 3.41. The first-order valence-electron chi connectivity index (χ1n) is 9.62. The van der Waals surface area contributed by atoms with Gasteiger partial charge in [-0.15, -0.1) is 0 Å². The molecule has 2 aliphatic heterocycles. The summed E-state index contributed by atoms with van der Waals surface area (Å²) in [6.07, 6.45) is 1.49. The third-order valence-electron chi connectivity index (χ3n) is 5.14. The lowest BCUT2D eigenvalue weighted by Gasteiger charge is -2.32. The quantitative estimate of drug-likeness (QED) is 0.716. The number of hydrogen-bond donors (Lipinski definition) is 0.